The molecular weight excluding hydrogens is 268 g/mol. The van der Waals surface area contributed by atoms with Crippen molar-refractivity contribution < 1.29 is 14.3 Å². The molecule has 0 fully saturated rings. The Hall–Kier alpha value is -2.87. The second kappa shape index (κ2) is 6.53. The van der Waals surface area contributed by atoms with Crippen molar-refractivity contribution in [2.45, 2.75) is 5.92 Å². The Labute approximate surface area is 122 Å². The van der Waals surface area contributed by atoms with Gasteiger partial charge < -0.3 is 9.47 Å². The van der Waals surface area contributed by atoms with Crippen LogP contribution in [0.2, 0.25) is 0 Å². The van der Waals surface area contributed by atoms with Crippen LogP contribution in [-0.4, -0.2) is 25.0 Å². The summed E-state index contributed by atoms with van der Waals surface area (Å²) in [6, 6.07) is 12.1. The van der Waals surface area contributed by atoms with Gasteiger partial charge in [-0.1, -0.05) is 12.1 Å². The van der Waals surface area contributed by atoms with Gasteiger partial charge in [0.15, 0.2) is 11.7 Å². The van der Waals surface area contributed by atoms with E-state index in [1.165, 1.54) is 14.2 Å². The van der Waals surface area contributed by atoms with Gasteiger partial charge in [0.05, 0.1) is 26.0 Å². The summed E-state index contributed by atoms with van der Waals surface area (Å²) in [5, 5.41) is 9.35. The minimum Gasteiger partial charge on any atom is -0.496 e. The third kappa shape index (κ3) is 2.84. The van der Waals surface area contributed by atoms with Crippen molar-refractivity contribution in [3.63, 3.8) is 0 Å². The minimum atomic E-state index is -1.00. The highest BCUT2D eigenvalue weighted by Gasteiger charge is 2.28. The van der Waals surface area contributed by atoms with E-state index in [-0.39, 0.29) is 5.56 Å². The lowest BCUT2D eigenvalue weighted by atomic mass is 9.94. The molecular formula is C16H14N2O3. The molecule has 5 heteroatoms. The average Bonchev–Trinajstić information content (AvgIpc) is 2.55. The van der Waals surface area contributed by atoms with E-state index in [9.17, 15) is 10.1 Å². The number of nitrogens with zero attached hydrogens (tertiary/aromatic N) is 2. The Kier molecular flexibility index (Phi) is 4.52. The second-order valence-electron chi connectivity index (χ2n) is 4.22. The number of hydrogen-bond donors (Lipinski definition) is 0. The maximum atomic E-state index is 12.7. The van der Waals surface area contributed by atoms with Crippen LogP contribution >= 0.6 is 0 Å². The van der Waals surface area contributed by atoms with Crippen LogP contribution in [0.5, 0.6) is 11.5 Å². The smallest absolute Gasteiger partial charge is 0.193 e. The fourth-order valence-electron chi connectivity index (χ4n) is 2.04. The lowest BCUT2D eigenvalue weighted by Crippen LogP contribution is -2.14. The molecule has 0 aliphatic carbocycles. The molecule has 1 aromatic heterocycles. The van der Waals surface area contributed by atoms with Gasteiger partial charge in [-0.25, -0.2) is 0 Å². The number of aromatic nitrogens is 1. The van der Waals surface area contributed by atoms with Crippen LogP contribution in [0.15, 0.2) is 42.6 Å². The highest BCUT2D eigenvalue weighted by Crippen LogP contribution is 2.32. The number of rotatable bonds is 5. The lowest BCUT2D eigenvalue weighted by molar-refractivity contribution is 0.0971. The topological polar surface area (TPSA) is 72.2 Å². The number of benzene rings is 1. The maximum absolute atomic E-state index is 12.7. The quantitative estimate of drug-likeness (QED) is 0.788. The van der Waals surface area contributed by atoms with Crippen molar-refractivity contribution in [1.29, 1.82) is 5.26 Å². The average molecular weight is 282 g/mol. The standard InChI is InChI=1S/C16H14N2O3/c1-20-13-7-5-8-14(21-2)15(13)16(19)11(10-17)12-6-3-4-9-18-12/h3-9,11H,1-2H3. The van der Waals surface area contributed by atoms with Gasteiger partial charge in [-0.2, -0.15) is 5.26 Å². The van der Waals surface area contributed by atoms with Gasteiger partial charge in [-0.05, 0) is 24.3 Å². The summed E-state index contributed by atoms with van der Waals surface area (Å²) in [4.78, 5) is 16.8. The molecule has 1 atom stereocenters. The Balaban J connectivity index is 2.51. The summed E-state index contributed by atoms with van der Waals surface area (Å²) in [7, 11) is 2.93. The number of ketones is 1. The predicted octanol–water partition coefficient (Wildman–Crippen LogP) is 2.59. The third-order valence-corrected chi connectivity index (χ3v) is 3.05. The molecule has 0 saturated carbocycles. The van der Waals surface area contributed by atoms with E-state index in [1.54, 1.807) is 42.6 Å². The van der Waals surface area contributed by atoms with Gasteiger partial charge in [0.25, 0.3) is 0 Å². The third-order valence-electron chi connectivity index (χ3n) is 3.05. The number of ether oxygens (including phenoxy) is 2. The Morgan fingerprint density at radius 1 is 1.14 bits per heavy atom. The number of methoxy groups -OCH3 is 2. The molecule has 0 N–H and O–H groups in total. The van der Waals surface area contributed by atoms with Crippen LogP contribution in [0.4, 0.5) is 0 Å². The summed E-state index contributed by atoms with van der Waals surface area (Å²) in [6.45, 7) is 0. The second-order valence-corrected chi connectivity index (χ2v) is 4.22. The molecule has 0 aliphatic heterocycles. The normalized spacial score (nSPS) is 11.3. The van der Waals surface area contributed by atoms with Crippen LogP contribution < -0.4 is 9.47 Å². The van der Waals surface area contributed by atoms with Crippen molar-refractivity contribution in [2.24, 2.45) is 0 Å². The fourth-order valence-corrected chi connectivity index (χ4v) is 2.04. The van der Waals surface area contributed by atoms with Crippen LogP contribution in [0.3, 0.4) is 0 Å². The summed E-state index contributed by atoms with van der Waals surface area (Å²) in [6.07, 6.45) is 1.55. The number of carbonyl (C=O) groups is 1. The number of hydrogen-bond acceptors (Lipinski definition) is 5. The Morgan fingerprint density at radius 3 is 2.29 bits per heavy atom. The zero-order chi connectivity index (χ0) is 15.2. The zero-order valence-electron chi connectivity index (χ0n) is 11.7. The molecule has 0 spiro atoms. The summed E-state index contributed by atoms with van der Waals surface area (Å²) in [5.74, 6) is -0.659. The Morgan fingerprint density at radius 2 is 1.81 bits per heavy atom. The predicted molar refractivity (Wildman–Crippen MR) is 76.5 cm³/mol. The van der Waals surface area contributed by atoms with E-state index in [0.29, 0.717) is 17.2 Å². The van der Waals surface area contributed by atoms with E-state index in [2.05, 4.69) is 4.98 Å². The van der Waals surface area contributed by atoms with Crippen LogP contribution in [-0.2, 0) is 0 Å². The van der Waals surface area contributed by atoms with E-state index < -0.39 is 11.7 Å². The molecule has 106 valence electrons. The van der Waals surface area contributed by atoms with Gasteiger partial charge >= 0.3 is 0 Å². The number of pyridine rings is 1. The van der Waals surface area contributed by atoms with E-state index in [4.69, 9.17) is 9.47 Å². The molecule has 0 radical (unpaired) electrons. The summed E-state index contributed by atoms with van der Waals surface area (Å²) < 4.78 is 10.4. The minimum absolute atomic E-state index is 0.250. The Bertz CT molecular complexity index is 655. The number of carbonyl (C=O) groups excluding carboxylic acids is 1. The van der Waals surface area contributed by atoms with Crippen LogP contribution in [0.1, 0.15) is 22.0 Å². The summed E-state index contributed by atoms with van der Waals surface area (Å²) in [5.41, 5.74) is 0.651. The zero-order valence-corrected chi connectivity index (χ0v) is 11.7. The molecule has 0 amide bonds. The molecule has 1 heterocycles. The van der Waals surface area contributed by atoms with Crippen molar-refractivity contribution in [3.8, 4) is 17.6 Å². The number of nitriles is 1. The van der Waals surface area contributed by atoms with Crippen molar-refractivity contribution in [3.05, 3.63) is 53.9 Å². The van der Waals surface area contributed by atoms with Gasteiger partial charge in [-0.3, -0.25) is 9.78 Å². The van der Waals surface area contributed by atoms with Crippen molar-refractivity contribution in [1.82, 2.24) is 4.98 Å². The van der Waals surface area contributed by atoms with E-state index in [1.807, 2.05) is 6.07 Å². The molecule has 0 saturated heterocycles. The molecule has 21 heavy (non-hydrogen) atoms. The van der Waals surface area contributed by atoms with Crippen LogP contribution in [0, 0.1) is 11.3 Å². The van der Waals surface area contributed by atoms with E-state index >= 15 is 0 Å². The monoisotopic (exact) mass is 282 g/mol. The molecule has 1 aromatic carbocycles. The first-order chi connectivity index (χ1) is 10.2. The molecule has 0 aliphatic rings. The first-order valence-corrected chi connectivity index (χ1v) is 6.28. The van der Waals surface area contributed by atoms with Crippen LogP contribution in [0.25, 0.3) is 0 Å². The first-order valence-electron chi connectivity index (χ1n) is 6.28. The van der Waals surface area contributed by atoms with Gasteiger partial charge in [0.1, 0.15) is 17.1 Å². The highest BCUT2D eigenvalue weighted by molar-refractivity contribution is 6.06. The van der Waals surface area contributed by atoms with E-state index in [0.717, 1.165) is 0 Å². The van der Waals surface area contributed by atoms with Gasteiger partial charge in [-0.15, -0.1) is 0 Å². The van der Waals surface area contributed by atoms with Crippen molar-refractivity contribution >= 4 is 5.78 Å². The molecule has 2 rings (SSSR count). The first kappa shape index (κ1) is 14.5. The fraction of sp³-hybridized carbons (Fsp3) is 0.188. The molecule has 5 nitrogen and oxygen atoms in total. The van der Waals surface area contributed by atoms with Gasteiger partial charge in [0, 0.05) is 6.20 Å². The lowest BCUT2D eigenvalue weighted by Gasteiger charge is -2.14. The maximum Gasteiger partial charge on any atom is 0.193 e. The molecule has 1 unspecified atom stereocenters. The number of Topliss-reactive ketones (excluding diaryl/α,β-unsaturated/α-hetero) is 1. The van der Waals surface area contributed by atoms with Gasteiger partial charge in [0.2, 0.25) is 0 Å². The molecule has 0 bridgehead atoms. The SMILES string of the molecule is COc1cccc(OC)c1C(=O)C(C#N)c1ccccn1. The summed E-state index contributed by atoms with van der Waals surface area (Å²) >= 11 is 0. The molecule has 2 aromatic rings. The van der Waals surface area contributed by atoms with Crippen molar-refractivity contribution in [2.75, 3.05) is 14.2 Å². The highest BCUT2D eigenvalue weighted by atomic mass is 16.5. The largest absolute Gasteiger partial charge is 0.496 e.